The van der Waals surface area contributed by atoms with E-state index in [0.717, 1.165) is 65.9 Å². The monoisotopic (exact) mass is 638 g/mol. The first-order valence-electron chi connectivity index (χ1n) is 15.8. The lowest BCUT2D eigenvalue weighted by Crippen LogP contribution is -2.33. The van der Waals surface area contributed by atoms with Crippen LogP contribution < -0.4 is 20.7 Å². The number of aromatic amines is 1. The van der Waals surface area contributed by atoms with Crippen LogP contribution in [0.25, 0.3) is 22.2 Å². The van der Waals surface area contributed by atoms with Crippen LogP contribution in [-0.2, 0) is 11.8 Å². The van der Waals surface area contributed by atoms with E-state index in [1.165, 1.54) is 0 Å². The van der Waals surface area contributed by atoms with Crippen molar-refractivity contribution >= 4 is 40.2 Å². The maximum absolute atomic E-state index is 13.2. The number of likely N-dealkylation sites (tertiary alicyclic amines) is 1. The number of hydrogen-bond acceptors (Lipinski definition) is 11. The van der Waals surface area contributed by atoms with Gasteiger partial charge in [0.25, 0.3) is 0 Å². The number of H-pyrrole nitrogens is 1. The number of benzene rings is 1. The standard InChI is InChI=1S/C33H42N12O2/c1-21-17-37-33(39-27-16-22(2)44(5)42-27)41-30(21)25-18-36-31-24(25)8-6-9-26(31)38-28(46)20-45-15-11-23(19-45)47-29-10-13-35-32(40-29)34-12-7-14-43(3)4/h6,8-10,13,16-18,23,36H,7,11-12,14-15,19-20H2,1-5H3,(H,38,46)(H,34,35,40)(H,37,39,41,42)/t23-/m0/s1. The highest BCUT2D eigenvalue weighted by atomic mass is 16.5. The SMILES string of the molecule is Cc1cnc(Nc2cc(C)n(C)n2)nc1-c1c[nH]c2c(NC(=O)CN3CC[C@H](Oc4ccnc(NCCCN(C)C)n4)C3)cccc12. The third kappa shape index (κ3) is 7.84. The topological polar surface area (TPSA) is 154 Å². The van der Waals surface area contributed by atoms with Crippen LogP contribution in [0.2, 0.25) is 0 Å². The summed E-state index contributed by atoms with van der Waals surface area (Å²) in [5, 5.41) is 15.0. The average molecular weight is 639 g/mol. The van der Waals surface area contributed by atoms with Gasteiger partial charge < -0.3 is 30.6 Å². The molecule has 1 aliphatic heterocycles. The summed E-state index contributed by atoms with van der Waals surface area (Å²) in [6.45, 7) is 7.41. The van der Waals surface area contributed by atoms with Crippen LogP contribution in [0.15, 0.2) is 48.9 Å². The quantitative estimate of drug-likeness (QED) is 0.139. The number of nitrogens with one attached hydrogen (secondary N) is 4. The molecule has 1 aliphatic rings. The number of hydrogen-bond donors (Lipinski definition) is 4. The first-order chi connectivity index (χ1) is 22.7. The van der Waals surface area contributed by atoms with Crippen LogP contribution in [0.4, 0.5) is 23.4 Å². The van der Waals surface area contributed by atoms with Gasteiger partial charge in [-0.15, -0.1) is 0 Å². The van der Waals surface area contributed by atoms with Gasteiger partial charge >= 0.3 is 0 Å². The third-order valence-corrected chi connectivity index (χ3v) is 8.15. The first kappa shape index (κ1) is 31.9. The molecule has 6 rings (SSSR count). The normalized spacial score (nSPS) is 15.0. The summed E-state index contributed by atoms with van der Waals surface area (Å²) in [6, 6.07) is 9.58. The van der Waals surface area contributed by atoms with Gasteiger partial charge in [0.05, 0.1) is 23.4 Å². The Morgan fingerprint density at radius 1 is 1.15 bits per heavy atom. The number of para-hydroxylation sites is 1. The van der Waals surface area contributed by atoms with E-state index < -0.39 is 0 Å². The van der Waals surface area contributed by atoms with Gasteiger partial charge in [-0.1, -0.05) is 12.1 Å². The van der Waals surface area contributed by atoms with Crippen LogP contribution in [0, 0.1) is 13.8 Å². The van der Waals surface area contributed by atoms with Gasteiger partial charge in [0.2, 0.25) is 23.7 Å². The molecular weight excluding hydrogens is 596 g/mol. The Kier molecular flexibility index (Phi) is 9.59. The fourth-order valence-corrected chi connectivity index (χ4v) is 5.65. The summed E-state index contributed by atoms with van der Waals surface area (Å²) >= 11 is 0. The van der Waals surface area contributed by atoms with Crippen LogP contribution in [0.5, 0.6) is 5.88 Å². The molecule has 14 heteroatoms. The Labute approximate surface area is 274 Å². The maximum atomic E-state index is 13.2. The lowest BCUT2D eigenvalue weighted by Gasteiger charge is -2.17. The number of ether oxygens (including phenoxy) is 1. The van der Waals surface area contributed by atoms with Gasteiger partial charge in [0.15, 0.2) is 5.82 Å². The zero-order chi connectivity index (χ0) is 32.9. The number of aryl methyl sites for hydroxylation is 3. The predicted octanol–water partition coefficient (Wildman–Crippen LogP) is 3.96. The van der Waals surface area contributed by atoms with E-state index in [-0.39, 0.29) is 18.6 Å². The smallest absolute Gasteiger partial charge is 0.238 e. The second-order valence-corrected chi connectivity index (χ2v) is 12.2. The number of anilines is 4. The lowest BCUT2D eigenvalue weighted by molar-refractivity contribution is -0.117. The van der Waals surface area contributed by atoms with Gasteiger partial charge in [0.1, 0.15) is 6.10 Å². The molecule has 0 radical (unpaired) electrons. The van der Waals surface area contributed by atoms with Crippen molar-refractivity contribution in [1.82, 2.24) is 44.5 Å². The molecule has 47 heavy (non-hydrogen) atoms. The molecule has 0 spiro atoms. The molecule has 1 aromatic carbocycles. The van der Waals surface area contributed by atoms with Crippen molar-refractivity contribution in [3.05, 3.63) is 60.2 Å². The van der Waals surface area contributed by atoms with Gasteiger partial charge in [0, 0.05) is 74.0 Å². The number of fused-ring (bicyclic) bond motifs is 1. The Hall–Kier alpha value is -5.08. The van der Waals surface area contributed by atoms with Crippen LogP contribution in [-0.4, -0.2) is 103 Å². The molecule has 1 saturated heterocycles. The summed E-state index contributed by atoms with van der Waals surface area (Å²) in [6.07, 6.45) is 7.18. The van der Waals surface area contributed by atoms with E-state index in [9.17, 15) is 4.79 Å². The number of nitrogens with zero attached hydrogens (tertiary/aromatic N) is 8. The molecule has 0 saturated carbocycles. The van der Waals surface area contributed by atoms with E-state index in [1.54, 1.807) is 23.1 Å². The Balaban J connectivity index is 1.06. The van der Waals surface area contributed by atoms with Crippen LogP contribution in [0.1, 0.15) is 24.1 Å². The van der Waals surface area contributed by atoms with Crippen molar-refractivity contribution in [1.29, 1.82) is 0 Å². The van der Waals surface area contributed by atoms with Gasteiger partial charge in [-0.25, -0.2) is 15.0 Å². The van der Waals surface area contributed by atoms with E-state index in [1.807, 2.05) is 51.4 Å². The Morgan fingerprint density at radius 2 is 2.02 bits per heavy atom. The van der Waals surface area contributed by atoms with Crippen molar-refractivity contribution in [2.24, 2.45) is 7.05 Å². The molecule has 5 aromatic rings. The van der Waals surface area contributed by atoms with Crippen molar-refractivity contribution in [3.8, 4) is 17.1 Å². The summed E-state index contributed by atoms with van der Waals surface area (Å²) in [7, 11) is 6.00. The minimum absolute atomic E-state index is 0.0501. The van der Waals surface area contributed by atoms with E-state index in [2.05, 4.69) is 64.9 Å². The summed E-state index contributed by atoms with van der Waals surface area (Å²) in [5.41, 5.74) is 5.23. The van der Waals surface area contributed by atoms with Crippen molar-refractivity contribution in [3.63, 3.8) is 0 Å². The molecule has 1 fully saturated rings. The largest absolute Gasteiger partial charge is 0.473 e. The molecule has 0 bridgehead atoms. The lowest BCUT2D eigenvalue weighted by atomic mass is 10.1. The predicted molar refractivity (Wildman–Crippen MR) is 183 cm³/mol. The number of amides is 1. The van der Waals surface area contributed by atoms with Crippen molar-refractivity contribution in [2.75, 3.05) is 62.8 Å². The van der Waals surface area contributed by atoms with E-state index >= 15 is 0 Å². The maximum Gasteiger partial charge on any atom is 0.238 e. The van der Waals surface area contributed by atoms with Gasteiger partial charge in [-0.3, -0.25) is 14.4 Å². The second-order valence-electron chi connectivity index (χ2n) is 12.2. The minimum atomic E-state index is -0.0871. The number of carbonyl (C=O) groups is 1. The molecule has 5 heterocycles. The molecule has 1 atom stereocenters. The third-order valence-electron chi connectivity index (χ3n) is 8.15. The molecule has 1 amide bonds. The number of carbonyl (C=O) groups excluding carboxylic acids is 1. The van der Waals surface area contributed by atoms with Crippen LogP contribution in [0.3, 0.4) is 0 Å². The number of rotatable bonds is 13. The van der Waals surface area contributed by atoms with Crippen molar-refractivity contribution < 1.29 is 9.53 Å². The van der Waals surface area contributed by atoms with Gasteiger partial charge in [-0.2, -0.15) is 10.1 Å². The Morgan fingerprint density at radius 3 is 2.83 bits per heavy atom. The van der Waals surface area contributed by atoms with E-state index in [4.69, 9.17) is 9.72 Å². The molecule has 4 N–H and O–H groups in total. The average Bonchev–Trinajstić information content (AvgIpc) is 3.75. The number of aromatic nitrogens is 7. The fourth-order valence-electron chi connectivity index (χ4n) is 5.65. The molecule has 14 nitrogen and oxygen atoms in total. The molecule has 246 valence electrons. The van der Waals surface area contributed by atoms with E-state index in [0.29, 0.717) is 35.8 Å². The zero-order valence-corrected chi connectivity index (χ0v) is 27.5. The Bertz CT molecular complexity index is 1830. The molecule has 0 unspecified atom stereocenters. The van der Waals surface area contributed by atoms with Gasteiger partial charge in [-0.05, 0) is 59.0 Å². The summed E-state index contributed by atoms with van der Waals surface area (Å²) in [5.74, 6) is 2.15. The second kappa shape index (κ2) is 14.1. The zero-order valence-electron chi connectivity index (χ0n) is 27.5. The fraction of sp³-hybridized carbons (Fsp3) is 0.394. The molecule has 4 aromatic heterocycles. The summed E-state index contributed by atoms with van der Waals surface area (Å²) < 4.78 is 7.95. The first-order valence-corrected chi connectivity index (χ1v) is 15.8. The highest BCUT2D eigenvalue weighted by Gasteiger charge is 2.26. The summed E-state index contributed by atoms with van der Waals surface area (Å²) in [4.78, 5) is 38.9. The van der Waals surface area contributed by atoms with Crippen molar-refractivity contribution in [2.45, 2.75) is 32.8 Å². The highest BCUT2D eigenvalue weighted by Crippen LogP contribution is 2.33. The highest BCUT2D eigenvalue weighted by molar-refractivity contribution is 6.06. The molecule has 0 aliphatic carbocycles. The minimum Gasteiger partial charge on any atom is -0.473 e. The molecular formula is C33H42N12O2. The van der Waals surface area contributed by atoms with Crippen LogP contribution >= 0.6 is 0 Å².